The third-order valence-electron chi connectivity index (χ3n) is 3.38. The second-order valence-corrected chi connectivity index (χ2v) is 5.99. The Labute approximate surface area is 142 Å². The van der Waals surface area contributed by atoms with Crippen molar-refractivity contribution in [3.63, 3.8) is 0 Å². The third-order valence-corrected chi connectivity index (χ3v) is 4.32. The first kappa shape index (κ1) is 14.8. The van der Waals surface area contributed by atoms with Crippen LogP contribution in [0, 0.1) is 10.5 Å². The average molecular weight is 403 g/mol. The van der Waals surface area contributed by atoms with Crippen molar-refractivity contribution in [3.8, 4) is 5.69 Å². The van der Waals surface area contributed by atoms with E-state index in [1.807, 2.05) is 61.5 Å². The zero-order chi connectivity index (χ0) is 15.5. The molecule has 22 heavy (non-hydrogen) atoms. The number of aromatic nitrogens is 2. The maximum atomic E-state index is 12.5. The molecule has 0 spiro atoms. The van der Waals surface area contributed by atoms with Gasteiger partial charge in [-0.15, -0.1) is 0 Å². The number of amides is 1. The Bertz CT molecular complexity index is 812. The van der Waals surface area contributed by atoms with E-state index >= 15 is 0 Å². The van der Waals surface area contributed by atoms with Crippen molar-refractivity contribution in [2.45, 2.75) is 6.92 Å². The number of carbonyl (C=O) groups excluding carboxylic acids is 1. The minimum absolute atomic E-state index is 0.149. The van der Waals surface area contributed by atoms with Gasteiger partial charge >= 0.3 is 0 Å². The van der Waals surface area contributed by atoms with Gasteiger partial charge in [-0.05, 0) is 53.8 Å². The van der Waals surface area contributed by atoms with Crippen LogP contribution in [0.1, 0.15) is 16.1 Å². The summed E-state index contributed by atoms with van der Waals surface area (Å²) in [5.41, 5.74) is 3.13. The fourth-order valence-electron chi connectivity index (χ4n) is 2.21. The second kappa shape index (κ2) is 6.31. The fourth-order valence-corrected chi connectivity index (χ4v) is 2.74. The van der Waals surface area contributed by atoms with Crippen LogP contribution in [0.25, 0.3) is 5.69 Å². The Kier molecular flexibility index (Phi) is 4.24. The second-order valence-electron chi connectivity index (χ2n) is 4.82. The van der Waals surface area contributed by atoms with E-state index in [4.69, 9.17) is 0 Å². The molecule has 4 nitrogen and oxygen atoms in total. The summed E-state index contributed by atoms with van der Waals surface area (Å²) in [6, 6.07) is 17.4. The van der Waals surface area contributed by atoms with Crippen LogP contribution in [-0.2, 0) is 0 Å². The van der Waals surface area contributed by atoms with Crippen molar-refractivity contribution in [2.24, 2.45) is 0 Å². The predicted molar refractivity (Wildman–Crippen MR) is 95.4 cm³/mol. The van der Waals surface area contributed by atoms with E-state index in [0.29, 0.717) is 5.56 Å². The Balaban J connectivity index is 1.89. The van der Waals surface area contributed by atoms with Gasteiger partial charge in [0.15, 0.2) is 0 Å². The molecular weight excluding hydrogens is 389 g/mol. The number of hydrogen-bond donors (Lipinski definition) is 1. The maximum absolute atomic E-state index is 12.5. The maximum Gasteiger partial charge on any atom is 0.259 e. The standard InChI is InChI=1S/C17H14IN3O/c1-12-14(11-19-21(12)13-7-3-2-4-8-13)17(22)20-16-10-6-5-9-15(16)18/h2-11H,1H3,(H,20,22). The van der Waals surface area contributed by atoms with Crippen LogP contribution in [0.3, 0.4) is 0 Å². The minimum atomic E-state index is -0.149. The highest BCUT2D eigenvalue weighted by Crippen LogP contribution is 2.19. The molecule has 2 aromatic carbocycles. The van der Waals surface area contributed by atoms with E-state index in [1.54, 1.807) is 10.9 Å². The molecule has 0 aliphatic heterocycles. The number of carbonyl (C=O) groups is 1. The number of para-hydroxylation sites is 2. The number of halogens is 1. The molecule has 3 rings (SSSR count). The molecule has 0 unspecified atom stereocenters. The Morgan fingerprint density at radius 2 is 1.77 bits per heavy atom. The van der Waals surface area contributed by atoms with Crippen molar-refractivity contribution >= 4 is 34.2 Å². The number of anilines is 1. The van der Waals surface area contributed by atoms with Gasteiger partial charge in [0.1, 0.15) is 0 Å². The Morgan fingerprint density at radius 1 is 1.09 bits per heavy atom. The van der Waals surface area contributed by atoms with Crippen LogP contribution in [0.4, 0.5) is 5.69 Å². The van der Waals surface area contributed by atoms with E-state index in [-0.39, 0.29) is 5.91 Å². The molecule has 1 amide bonds. The predicted octanol–water partition coefficient (Wildman–Crippen LogP) is 4.04. The van der Waals surface area contributed by atoms with Gasteiger partial charge in [-0.3, -0.25) is 4.79 Å². The molecule has 0 fully saturated rings. The number of benzene rings is 2. The molecule has 0 saturated carbocycles. The molecule has 5 heteroatoms. The van der Waals surface area contributed by atoms with Gasteiger partial charge in [-0.1, -0.05) is 30.3 Å². The van der Waals surface area contributed by atoms with Gasteiger partial charge in [0.2, 0.25) is 0 Å². The summed E-state index contributed by atoms with van der Waals surface area (Å²) in [4.78, 5) is 12.5. The van der Waals surface area contributed by atoms with Crippen LogP contribution in [-0.4, -0.2) is 15.7 Å². The molecule has 0 aliphatic rings. The molecule has 0 radical (unpaired) electrons. The third kappa shape index (κ3) is 2.89. The highest BCUT2D eigenvalue weighted by molar-refractivity contribution is 14.1. The quantitative estimate of drug-likeness (QED) is 0.672. The molecule has 1 N–H and O–H groups in total. The molecule has 1 aromatic heterocycles. The summed E-state index contributed by atoms with van der Waals surface area (Å²) < 4.78 is 2.77. The smallest absolute Gasteiger partial charge is 0.259 e. The fraction of sp³-hybridized carbons (Fsp3) is 0.0588. The summed E-state index contributed by atoms with van der Waals surface area (Å²) in [6.07, 6.45) is 1.60. The van der Waals surface area contributed by atoms with Gasteiger partial charge in [0.05, 0.1) is 28.8 Å². The van der Waals surface area contributed by atoms with Crippen molar-refractivity contribution in [3.05, 3.63) is 75.6 Å². The van der Waals surface area contributed by atoms with Crippen LogP contribution < -0.4 is 5.32 Å². The highest BCUT2D eigenvalue weighted by Gasteiger charge is 2.15. The lowest BCUT2D eigenvalue weighted by Crippen LogP contribution is -2.13. The number of hydrogen-bond acceptors (Lipinski definition) is 2. The average Bonchev–Trinajstić information content (AvgIpc) is 2.92. The molecule has 0 saturated heterocycles. The van der Waals surface area contributed by atoms with E-state index < -0.39 is 0 Å². The first-order valence-electron chi connectivity index (χ1n) is 6.83. The lowest BCUT2D eigenvalue weighted by atomic mass is 10.2. The lowest BCUT2D eigenvalue weighted by molar-refractivity contribution is 0.102. The van der Waals surface area contributed by atoms with Gasteiger partial charge in [-0.2, -0.15) is 5.10 Å². The Hall–Kier alpha value is -2.15. The van der Waals surface area contributed by atoms with Crippen molar-refractivity contribution < 1.29 is 4.79 Å². The topological polar surface area (TPSA) is 46.9 Å². The first-order chi connectivity index (χ1) is 10.7. The van der Waals surface area contributed by atoms with E-state index in [1.165, 1.54) is 0 Å². The molecule has 3 aromatic rings. The molecule has 0 atom stereocenters. The minimum Gasteiger partial charge on any atom is -0.321 e. The van der Waals surface area contributed by atoms with Crippen molar-refractivity contribution in [2.75, 3.05) is 5.32 Å². The monoisotopic (exact) mass is 403 g/mol. The SMILES string of the molecule is Cc1c(C(=O)Nc2ccccc2I)cnn1-c1ccccc1. The normalized spacial score (nSPS) is 10.5. The summed E-state index contributed by atoms with van der Waals surface area (Å²) in [7, 11) is 0. The number of nitrogens with zero attached hydrogens (tertiary/aromatic N) is 2. The van der Waals surface area contributed by atoms with Crippen LogP contribution in [0.2, 0.25) is 0 Å². The molecular formula is C17H14IN3O. The van der Waals surface area contributed by atoms with Gasteiger partial charge < -0.3 is 5.32 Å². The zero-order valence-electron chi connectivity index (χ0n) is 12.0. The molecule has 1 heterocycles. The Morgan fingerprint density at radius 3 is 2.50 bits per heavy atom. The number of rotatable bonds is 3. The van der Waals surface area contributed by atoms with Gasteiger partial charge in [0, 0.05) is 3.57 Å². The first-order valence-corrected chi connectivity index (χ1v) is 7.90. The van der Waals surface area contributed by atoms with Crippen LogP contribution in [0.5, 0.6) is 0 Å². The molecule has 0 aliphatic carbocycles. The molecule has 110 valence electrons. The lowest BCUT2D eigenvalue weighted by Gasteiger charge is -2.08. The largest absolute Gasteiger partial charge is 0.321 e. The van der Waals surface area contributed by atoms with Crippen molar-refractivity contribution in [1.82, 2.24) is 9.78 Å². The van der Waals surface area contributed by atoms with Crippen molar-refractivity contribution in [1.29, 1.82) is 0 Å². The van der Waals surface area contributed by atoms with Gasteiger partial charge in [-0.25, -0.2) is 4.68 Å². The summed E-state index contributed by atoms with van der Waals surface area (Å²) in [5.74, 6) is -0.149. The van der Waals surface area contributed by atoms with E-state index in [9.17, 15) is 4.79 Å². The summed E-state index contributed by atoms with van der Waals surface area (Å²) >= 11 is 2.20. The summed E-state index contributed by atoms with van der Waals surface area (Å²) in [6.45, 7) is 1.89. The van der Waals surface area contributed by atoms with Gasteiger partial charge in [0.25, 0.3) is 5.91 Å². The van der Waals surface area contributed by atoms with Crippen LogP contribution >= 0.6 is 22.6 Å². The van der Waals surface area contributed by atoms with E-state index in [2.05, 4.69) is 33.0 Å². The summed E-state index contributed by atoms with van der Waals surface area (Å²) in [5, 5.41) is 7.26. The van der Waals surface area contributed by atoms with E-state index in [0.717, 1.165) is 20.6 Å². The van der Waals surface area contributed by atoms with Crippen LogP contribution in [0.15, 0.2) is 60.8 Å². The highest BCUT2D eigenvalue weighted by atomic mass is 127. The zero-order valence-corrected chi connectivity index (χ0v) is 14.1. The molecule has 0 bridgehead atoms. The number of nitrogens with one attached hydrogen (secondary N) is 1.